The van der Waals surface area contributed by atoms with Crippen molar-refractivity contribution in [2.24, 2.45) is 11.5 Å². The van der Waals surface area contributed by atoms with Crippen molar-refractivity contribution in [1.29, 1.82) is 0 Å². The average Bonchev–Trinajstić information content (AvgIpc) is 2.16. The highest BCUT2D eigenvalue weighted by atomic mass is 19.4. The van der Waals surface area contributed by atoms with Crippen LogP contribution in [-0.4, -0.2) is 29.3 Å². The largest absolute Gasteiger partial charge is 0.490 e. The van der Waals surface area contributed by atoms with Crippen LogP contribution in [0.25, 0.3) is 0 Å². The van der Waals surface area contributed by atoms with Gasteiger partial charge in [-0.3, -0.25) is 0 Å². The lowest BCUT2D eigenvalue weighted by Gasteiger charge is -2.23. The summed E-state index contributed by atoms with van der Waals surface area (Å²) in [5, 5.41) is 7.12. The van der Waals surface area contributed by atoms with Crippen molar-refractivity contribution in [3.63, 3.8) is 0 Å². The van der Waals surface area contributed by atoms with Crippen LogP contribution in [-0.2, 0) is 4.79 Å². The second kappa shape index (κ2) is 6.62. The summed E-state index contributed by atoms with van der Waals surface area (Å²) in [5.41, 5.74) is 11.1. The number of carboxylic acid groups (broad SMARTS) is 1. The first-order valence-electron chi connectivity index (χ1n) is 4.42. The number of hydrogen-bond donors (Lipinski definition) is 3. The van der Waals surface area contributed by atoms with E-state index in [1.54, 1.807) is 0 Å². The van der Waals surface area contributed by atoms with Crippen LogP contribution in [0.15, 0.2) is 0 Å². The molecule has 0 unspecified atom stereocenters. The van der Waals surface area contributed by atoms with E-state index >= 15 is 0 Å². The second-order valence-corrected chi connectivity index (χ2v) is 3.08. The molecule has 0 fully saturated rings. The van der Waals surface area contributed by atoms with Crippen molar-refractivity contribution in [3.8, 4) is 0 Å². The molecule has 0 amide bonds. The van der Waals surface area contributed by atoms with Gasteiger partial charge in [0.25, 0.3) is 0 Å². The van der Waals surface area contributed by atoms with E-state index in [9.17, 15) is 13.2 Å². The van der Waals surface area contributed by atoms with Gasteiger partial charge in [0, 0.05) is 12.1 Å². The van der Waals surface area contributed by atoms with Crippen molar-refractivity contribution < 1.29 is 23.1 Å². The molecule has 0 aromatic carbocycles. The van der Waals surface area contributed by atoms with Crippen LogP contribution < -0.4 is 11.5 Å². The number of alkyl halides is 3. The Bertz CT molecular complexity index is 183. The van der Waals surface area contributed by atoms with E-state index in [4.69, 9.17) is 21.4 Å². The van der Waals surface area contributed by atoms with Crippen molar-refractivity contribution in [2.75, 3.05) is 6.54 Å². The van der Waals surface area contributed by atoms with Gasteiger partial charge in [0.05, 0.1) is 0 Å². The van der Waals surface area contributed by atoms with Gasteiger partial charge in [0.2, 0.25) is 0 Å². The predicted molar refractivity (Wildman–Crippen MR) is 50.2 cm³/mol. The monoisotopic (exact) mass is 230 g/mol. The molecule has 0 spiro atoms. The fourth-order valence-corrected chi connectivity index (χ4v) is 0.539. The topological polar surface area (TPSA) is 89.3 Å². The first-order valence-corrected chi connectivity index (χ1v) is 4.42. The number of carbonyl (C=O) groups is 1. The first-order chi connectivity index (χ1) is 6.63. The number of nitrogens with two attached hydrogens (primary N) is 2. The molecule has 0 heterocycles. The molecule has 0 saturated carbocycles. The zero-order valence-corrected chi connectivity index (χ0v) is 8.77. The highest BCUT2D eigenvalue weighted by Gasteiger charge is 2.38. The van der Waals surface area contributed by atoms with Crippen molar-refractivity contribution >= 4 is 5.97 Å². The van der Waals surface area contributed by atoms with Gasteiger partial charge in [0.1, 0.15) is 0 Å². The third kappa shape index (κ3) is 8.19. The number of aliphatic carboxylic acids is 1. The molecule has 4 nitrogen and oxygen atoms in total. The molecule has 15 heavy (non-hydrogen) atoms. The van der Waals surface area contributed by atoms with E-state index in [-0.39, 0.29) is 5.54 Å². The SMILES string of the molecule is CCC(N)(CC)CN.O=C(O)C(F)(F)F. The molecule has 0 aromatic rings. The summed E-state index contributed by atoms with van der Waals surface area (Å²) in [7, 11) is 0. The summed E-state index contributed by atoms with van der Waals surface area (Å²) in [6.45, 7) is 4.73. The van der Waals surface area contributed by atoms with Crippen LogP contribution in [0.4, 0.5) is 13.2 Å². The fourth-order valence-electron chi connectivity index (χ4n) is 0.539. The minimum Gasteiger partial charge on any atom is -0.475 e. The quantitative estimate of drug-likeness (QED) is 0.677. The molecule has 0 bridgehead atoms. The number of carboxylic acids is 1. The lowest BCUT2D eigenvalue weighted by atomic mass is 9.95. The van der Waals surface area contributed by atoms with Crippen LogP contribution in [0.5, 0.6) is 0 Å². The molecule has 0 aromatic heterocycles. The Morgan fingerprint density at radius 1 is 1.27 bits per heavy atom. The first kappa shape index (κ1) is 16.6. The van der Waals surface area contributed by atoms with Gasteiger partial charge in [-0.2, -0.15) is 13.2 Å². The zero-order chi connectivity index (χ0) is 12.7. The average molecular weight is 230 g/mol. The van der Waals surface area contributed by atoms with Gasteiger partial charge >= 0.3 is 12.1 Å². The molecule has 0 aliphatic carbocycles. The number of halogens is 3. The molecule has 5 N–H and O–H groups in total. The van der Waals surface area contributed by atoms with Gasteiger partial charge < -0.3 is 16.6 Å². The Kier molecular flexibility index (Phi) is 7.33. The molecular formula is C8H17F3N2O2. The molecule has 0 rings (SSSR count). The van der Waals surface area contributed by atoms with Crippen LogP contribution in [0, 0.1) is 0 Å². The van der Waals surface area contributed by atoms with Crippen molar-refractivity contribution in [1.82, 2.24) is 0 Å². The molecule has 92 valence electrons. The van der Waals surface area contributed by atoms with Crippen LogP contribution >= 0.6 is 0 Å². The summed E-state index contributed by atoms with van der Waals surface area (Å²) < 4.78 is 31.7. The maximum absolute atomic E-state index is 10.6. The van der Waals surface area contributed by atoms with Gasteiger partial charge in [-0.25, -0.2) is 4.79 Å². The predicted octanol–water partition coefficient (Wildman–Crippen LogP) is 1.10. The Labute approximate surface area is 86.4 Å². The maximum Gasteiger partial charge on any atom is 0.490 e. The molecule has 0 aliphatic heterocycles. The normalized spacial score (nSPS) is 11.7. The van der Waals surface area contributed by atoms with Gasteiger partial charge in [-0.05, 0) is 12.8 Å². The number of rotatable bonds is 3. The van der Waals surface area contributed by atoms with E-state index in [1.165, 1.54) is 0 Å². The third-order valence-corrected chi connectivity index (χ3v) is 2.06. The Morgan fingerprint density at radius 2 is 1.53 bits per heavy atom. The summed E-state index contributed by atoms with van der Waals surface area (Å²) >= 11 is 0. The van der Waals surface area contributed by atoms with E-state index in [1.807, 2.05) is 0 Å². The van der Waals surface area contributed by atoms with Crippen LogP contribution in [0.3, 0.4) is 0 Å². The van der Waals surface area contributed by atoms with E-state index in [0.29, 0.717) is 6.54 Å². The van der Waals surface area contributed by atoms with Crippen molar-refractivity contribution in [3.05, 3.63) is 0 Å². The minimum atomic E-state index is -5.08. The maximum atomic E-state index is 10.6. The van der Waals surface area contributed by atoms with Crippen LogP contribution in [0.1, 0.15) is 26.7 Å². The second-order valence-electron chi connectivity index (χ2n) is 3.08. The van der Waals surface area contributed by atoms with E-state index in [0.717, 1.165) is 12.8 Å². The van der Waals surface area contributed by atoms with Gasteiger partial charge in [0.15, 0.2) is 0 Å². The number of hydrogen-bond acceptors (Lipinski definition) is 3. The highest BCUT2D eigenvalue weighted by Crippen LogP contribution is 2.13. The zero-order valence-electron chi connectivity index (χ0n) is 8.77. The lowest BCUT2D eigenvalue weighted by molar-refractivity contribution is -0.192. The molecule has 0 aliphatic rings. The fraction of sp³-hybridized carbons (Fsp3) is 0.875. The summed E-state index contributed by atoms with van der Waals surface area (Å²) in [4.78, 5) is 8.90. The summed E-state index contributed by atoms with van der Waals surface area (Å²) in [5.74, 6) is -2.76. The minimum absolute atomic E-state index is 0.0972. The molecule has 7 heteroatoms. The summed E-state index contributed by atoms with van der Waals surface area (Å²) in [6.07, 6.45) is -3.14. The van der Waals surface area contributed by atoms with Gasteiger partial charge in [-0.1, -0.05) is 13.8 Å². The standard InChI is InChI=1S/C6H16N2.C2HF3O2/c1-3-6(8,4-2)5-7;3-2(4,5)1(6)7/h3-5,7-8H2,1-2H3;(H,6,7). The lowest BCUT2D eigenvalue weighted by Crippen LogP contribution is -2.45. The Morgan fingerprint density at radius 3 is 1.53 bits per heavy atom. The molecular weight excluding hydrogens is 213 g/mol. The van der Waals surface area contributed by atoms with Gasteiger partial charge in [-0.15, -0.1) is 0 Å². The van der Waals surface area contributed by atoms with Crippen LogP contribution in [0.2, 0.25) is 0 Å². The molecule has 0 atom stereocenters. The van der Waals surface area contributed by atoms with Crippen molar-refractivity contribution in [2.45, 2.75) is 38.4 Å². The summed E-state index contributed by atoms with van der Waals surface area (Å²) in [6, 6.07) is 0. The molecule has 0 saturated heterocycles. The molecule has 0 radical (unpaired) electrons. The Hall–Kier alpha value is -0.820. The third-order valence-electron chi connectivity index (χ3n) is 2.06. The highest BCUT2D eigenvalue weighted by molar-refractivity contribution is 5.73. The Balaban J connectivity index is 0. The van der Waals surface area contributed by atoms with E-state index in [2.05, 4.69) is 13.8 Å². The smallest absolute Gasteiger partial charge is 0.475 e. The van der Waals surface area contributed by atoms with E-state index < -0.39 is 12.1 Å².